The molecule has 0 bridgehead atoms. The molecule has 0 saturated heterocycles. The summed E-state index contributed by atoms with van der Waals surface area (Å²) in [6.45, 7) is 6.85. The van der Waals surface area contributed by atoms with E-state index in [1.54, 1.807) is 11.1 Å². The van der Waals surface area contributed by atoms with Gasteiger partial charge in [-0.25, -0.2) is 0 Å². The van der Waals surface area contributed by atoms with E-state index in [1.165, 1.54) is 38.5 Å². The molecule has 0 aromatic heterocycles. The van der Waals surface area contributed by atoms with Crippen LogP contribution in [0.5, 0.6) is 0 Å². The molecule has 0 heteroatoms. The number of hydrogen-bond donors (Lipinski definition) is 0. The maximum absolute atomic E-state index is 2.30. The monoisotopic (exact) mass is 166 g/mol. The van der Waals surface area contributed by atoms with Crippen molar-refractivity contribution in [3.05, 3.63) is 11.1 Å². The lowest BCUT2D eigenvalue weighted by Crippen LogP contribution is -2.09. The largest absolute Gasteiger partial charge is 0.0770 e. The lowest BCUT2D eigenvalue weighted by Gasteiger charge is -2.25. The van der Waals surface area contributed by atoms with Crippen LogP contribution in [0.2, 0.25) is 0 Å². The highest BCUT2D eigenvalue weighted by atomic mass is 14.2. The Bertz CT molecular complexity index is 155. The molecule has 1 fully saturated rings. The highest BCUT2D eigenvalue weighted by molar-refractivity contribution is 5.13. The Hall–Kier alpha value is -0.260. The Balaban J connectivity index is 2.59. The number of rotatable bonds is 2. The lowest BCUT2D eigenvalue weighted by molar-refractivity contribution is 0.394. The van der Waals surface area contributed by atoms with Crippen LogP contribution in [0.1, 0.15) is 59.3 Å². The second kappa shape index (κ2) is 4.69. The summed E-state index contributed by atoms with van der Waals surface area (Å²) >= 11 is 0. The lowest BCUT2D eigenvalue weighted by atomic mass is 9.81. The Morgan fingerprint density at radius 3 is 2.08 bits per heavy atom. The zero-order valence-corrected chi connectivity index (χ0v) is 8.82. The molecule has 0 atom stereocenters. The Labute approximate surface area is 77.1 Å². The van der Waals surface area contributed by atoms with E-state index in [1.807, 2.05) is 0 Å². The molecule has 70 valence electrons. The van der Waals surface area contributed by atoms with Gasteiger partial charge >= 0.3 is 0 Å². The third-order valence-electron chi connectivity index (χ3n) is 3.12. The molecule has 0 aliphatic heterocycles. The zero-order chi connectivity index (χ0) is 8.97. The average Bonchev–Trinajstić information content (AvgIpc) is 2.07. The molecule has 0 N–H and O–H groups in total. The highest BCUT2D eigenvalue weighted by Gasteiger charge is 2.16. The molecular weight excluding hydrogens is 144 g/mol. The van der Waals surface area contributed by atoms with E-state index in [2.05, 4.69) is 20.8 Å². The molecule has 0 radical (unpaired) electrons. The van der Waals surface area contributed by atoms with Crippen LogP contribution in [-0.4, -0.2) is 0 Å². The van der Waals surface area contributed by atoms with Gasteiger partial charge < -0.3 is 0 Å². The van der Waals surface area contributed by atoms with Gasteiger partial charge in [-0.2, -0.15) is 0 Å². The molecule has 0 heterocycles. The smallest absolute Gasteiger partial charge is 0.0201 e. The molecule has 1 aliphatic carbocycles. The molecule has 1 rings (SSSR count). The van der Waals surface area contributed by atoms with E-state index in [9.17, 15) is 0 Å². The standard InChI is InChI=1S/C12H22/c1-4-12(10(2)3)11-8-6-5-7-9-11/h11H,4-9H2,1-3H3. The van der Waals surface area contributed by atoms with E-state index in [4.69, 9.17) is 0 Å². The van der Waals surface area contributed by atoms with Crippen LogP contribution >= 0.6 is 0 Å². The molecule has 0 aromatic carbocycles. The maximum Gasteiger partial charge on any atom is -0.0201 e. The molecule has 1 aliphatic rings. The fourth-order valence-corrected chi connectivity index (χ4v) is 2.50. The van der Waals surface area contributed by atoms with Crippen LogP contribution in [0.3, 0.4) is 0 Å². The predicted molar refractivity (Wildman–Crippen MR) is 55.2 cm³/mol. The second-order valence-electron chi connectivity index (χ2n) is 4.21. The first-order valence-electron chi connectivity index (χ1n) is 5.42. The number of allylic oxidation sites excluding steroid dienone is 2. The van der Waals surface area contributed by atoms with Gasteiger partial charge in [0.15, 0.2) is 0 Å². The minimum absolute atomic E-state index is 0.939. The van der Waals surface area contributed by atoms with Gasteiger partial charge in [0.2, 0.25) is 0 Å². The summed E-state index contributed by atoms with van der Waals surface area (Å²) in [4.78, 5) is 0. The summed E-state index contributed by atoms with van der Waals surface area (Å²) < 4.78 is 0. The van der Waals surface area contributed by atoms with Crippen molar-refractivity contribution in [3.63, 3.8) is 0 Å². The van der Waals surface area contributed by atoms with Crippen molar-refractivity contribution in [3.8, 4) is 0 Å². The van der Waals surface area contributed by atoms with Gasteiger partial charge in [-0.1, -0.05) is 37.3 Å². The third kappa shape index (κ3) is 2.36. The Kier molecular flexibility index (Phi) is 3.84. The van der Waals surface area contributed by atoms with Crippen molar-refractivity contribution in [2.24, 2.45) is 5.92 Å². The van der Waals surface area contributed by atoms with E-state index in [0.29, 0.717) is 0 Å². The van der Waals surface area contributed by atoms with Crippen LogP contribution < -0.4 is 0 Å². The van der Waals surface area contributed by atoms with E-state index >= 15 is 0 Å². The molecule has 0 unspecified atom stereocenters. The number of hydrogen-bond acceptors (Lipinski definition) is 0. The normalized spacial score (nSPS) is 19.2. The SMILES string of the molecule is CCC(=C(C)C)C1CCCCC1. The first-order valence-corrected chi connectivity index (χ1v) is 5.42. The third-order valence-corrected chi connectivity index (χ3v) is 3.12. The zero-order valence-electron chi connectivity index (χ0n) is 8.82. The van der Waals surface area contributed by atoms with Crippen molar-refractivity contribution < 1.29 is 0 Å². The molecule has 0 aromatic rings. The predicted octanol–water partition coefficient (Wildman–Crippen LogP) is 4.31. The van der Waals surface area contributed by atoms with Crippen LogP contribution in [0, 0.1) is 5.92 Å². The molecule has 0 spiro atoms. The molecule has 0 nitrogen and oxygen atoms in total. The van der Waals surface area contributed by atoms with E-state index < -0.39 is 0 Å². The van der Waals surface area contributed by atoms with Crippen LogP contribution in [0.4, 0.5) is 0 Å². The van der Waals surface area contributed by atoms with E-state index in [-0.39, 0.29) is 0 Å². The van der Waals surface area contributed by atoms with Crippen LogP contribution in [0.15, 0.2) is 11.1 Å². The van der Waals surface area contributed by atoms with Gasteiger partial charge in [-0.05, 0) is 39.0 Å². The van der Waals surface area contributed by atoms with Crippen LogP contribution in [0.25, 0.3) is 0 Å². The Morgan fingerprint density at radius 2 is 1.67 bits per heavy atom. The average molecular weight is 166 g/mol. The van der Waals surface area contributed by atoms with Crippen molar-refractivity contribution in [1.29, 1.82) is 0 Å². The molecule has 0 amide bonds. The quantitative estimate of drug-likeness (QED) is 0.536. The fraction of sp³-hybridized carbons (Fsp3) is 0.833. The molecule has 1 saturated carbocycles. The van der Waals surface area contributed by atoms with Gasteiger partial charge in [0.25, 0.3) is 0 Å². The summed E-state index contributed by atoms with van der Waals surface area (Å²) in [6, 6.07) is 0. The molecular formula is C12H22. The van der Waals surface area contributed by atoms with Gasteiger partial charge in [-0.15, -0.1) is 0 Å². The molecule has 12 heavy (non-hydrogen) atoms. The van der Waals surface area contributed by atoms with Crippen molar-refractivity contribution in [2.45, 2.75) is 59.3 Å². The minimum Gasteiger partial charge on any atom is -0.0770 e. The Morgan fingerprint density at radius 1 is 1.08 bits per heavy atom. The summed E-state index contributed by atoms with van der Waals surface area (Å²) in [5, 5.41) is 0. The van der Waals surface area contributed by atoms with Gasteiger partial charge in [0.05, 0.1) is 0 Å². The van der Waals surface area contributed by atoms with Crippen molar-refractivity contribution in [1.82, 2.24) is 0 Å². The van der Waals surface area contributed by atoms with Gasteiger partial charge in [0.1, 0.15) is 0 Å². The van der Waals surface area contributed by atoms with Crippen LogP contribution in [-0.2, 0) is 0 Å². The fourth-order valence-electron chi connectivity index (χ4n) is 2.50. The summed E-state index contributed by atoms with van der Waals surface area (Å²) in [7, 11) is 0. The van der Waals surface area contributed by atoms with Gasteiger partial charge in [0, 0.05) is 0 Å². The van der Waals surface area contributed by atoms with E-state index in [0.717, 1.165) is 5.92 Å². The topological polar surface area (TPSA) is 0 Å². The maximum atomic E-state index is 2.30. The highest BCUT2D eigenvalue weighted by Crippen LogP contribution is 2.32. The summed E-state index contributed by atoms with van der Waals surface area (Å²) in [5.41, 5.74) is 3.32. The first kappa shape index (κ1) is 9.83. The first-order chi connectivity index (χ1) is 5.75. The van der Waals surface area contributed by atoms with Crippen molar-refractivity contribution >= 4 is 0 Å². The summed E-state index contributed by atoms with van der Waals surface area (Å²) in [6.07, 6.45) is 8.56. The minimum atomic E-state index is 0.939. The second-order valence-corrected chi connectivity index (χ2v) is 4.21. The summed E-state index contributed by atoms with van der Waals surface area (Å²) in [5.74, 6) is 0.939. The van der Waals surface area contributed by atoms with Gasteiger partial charge in [-0.3, -0.25) is 0 Å². The van der Waals surface area contributed by atoms with Crippen molar-refractivity contribution in [2.75, 3.05) is 0 Å².